The highest BCUT2D eigenvalue weighted by atomic mass is 19.4. The highest BCUT2D eigenvalue weighted by Gasteiger charge is 2.38. The van der Waals surface area contributed by atoms with Gasteiger partial charge in [0.15, 0.2) is 0 Å². The summed E-state index contributed by atoms with van der Waals surface area (Å²) in [6.45, 7) is 3.95. The number of halogens is 3. The van der Waals surface area contributed by atoms with Crippen molar-refractivity contribution in [1.29, 1.82) is 0 Å². The van der Waals surface area contributed by atoms with Gasteiger partial charge in [-0.1, -0.05) is 0 Å². The highest BCUT2D eigenvalue weighted by molar-refractivity contribution is 5.76. The van der Waals surface area contributed by atoms with Crippen molar-refractivity contribution in [2.45, 2.75) is 25.7 Å². The third-order valence-electron chi connectivity index (χ3n) is 4.02. The lowest BCUT2D eigenvalue weighted by molar-refractivity contribution is -0.192. The molecule has 1 aromatic heterocycles. The van der Waals surface area contributed by atoms with Gasteiger partial charge in [-0.3, -0.25) is 4.79 Å². The van der Waals surface area contributed by atoms with E-state index >= 15 is 0 Å². The lowest BCUT2D eigenvalue weighted by Gasteiger charge is -2.20. The van der Waals surface area contributed by atoms with E-state index in [-0.39, 0.29) is 12.5 Å². The average molecular weight is 393 g/mol. The normalized spacial score (nSPS) is 17.3. The van der Waals surface area contributed by atoms with Crippen LogP contribution in [0.5, 0.6) is 0 Å². The molecule has 0 saturated carbocycles. The topological polar surface area (TPSA) is 75.0 Å². The Labute approximate surface area is 156 Å². The molecule has 1 amide bonds. The van der Waals surface area contributed by atoms with E-state index in [4.69, 9.17) is 14.6 Å². The summed E-state index contributed by atoms with van der Waals surface area (Å²) in [5.74, 6) is -2.16. The van der Waals surface area contributed by atoms with Gasteiger partial charge in [0.25, 0.3) is 0 Å². The Hall–Kier alpha value is -2.07. The van der Waals surface area contributed by atoms with Crippen LogP contribution in [-0.2, 0) is 27.4 Å². The van der Waals surface area contributed by atoms with Gasteiger partial charge in [-0.15, -0.1) is 0 Å². The number of fused-ring (bicyclic) bond motifs is 1. The van der Waals surface area contributed by atoms with Gasteiger partial charge in [0.2, 0.25) is 5.91 Å². The second-order valence-electron chi connectivity index (χ2n) is 6.65. The fourth-order valence-corrected chi connectivity index (χ4v) is 2.61. The number of amides is 1. The Balaban J connectivity index is 0.000000445. The number of ether oxygens (including phenoxy) is 1. The summed E-state index contributed by atoms with van der Waals surface area (Å²) >= 11 is 0. The molecule has 2 heterocycles. The molecule has 154 valence electrons. The van der Waals surface area contributed by atoms with Crippen molar-refractivity contribution < 1.29 is 32.6 Å². The fourth-order valence-electron chi connectivity index (χ4n) is 2.61. The summed E-state index contributed by atoms with van der Waals surface area (Å²) in [6.07, 6.45) is -1.94. The second kappa shape index (κ2) is 10.3. The number of carboxylic acid groups (broad SMARTS) is 1. The van der Waals surface area contributed by atoms with Crippen LogP contribution in [0, 0.1) is 5.92 Å². The summed E-state index contributed by atoms with van der Waals surface area (Å²) in [5.41, 5.74) is 1.37. The Morgan fingerprint density at radius 2 is 1.96 bits per heavy atom. The number of aromatic nitrogens is 1. The Kier molecular flexibility index (Phi) is 8.77. The first-order chi connectivity index (χ1) is 12.5. The van der Waals surface area contributed by atoms with E-state index in [2.05, 4.69) is 34.8 Å². The molecule has 1 aliphatic heterocycles. The third kappa shape index (κ3) is 8.44. The fraction of sp³-hybridized carbons (Fsp3) is 0.647. The predicted octanol–water partition coefficient (Wildman–Crippen LogP) is 1.68. The van der Waals surface area contributed by atoms with Crippen LogP contribution in [0.4, 0.5) is 13.2 Å². The SMILES string of the molecule is CN1Cc2cccn2CC(CCOCC(=O)N(C)C)C1.O=C(O)C(F)(F)F. The maximum absolute atomic E-state index is 11.4. The van der Waals surface area contributed by atoms with Crippen LogP contribution in [0.3, 0.4) is 0 Å². The number of likely N-dealkylation sites (N-methyl/N-ethyl adjacent to an activating group) is 1. The average Bonchev–Trinajstić information content (AvgIpc) is 2.91. The molecular formula is C17H26F3N3O4. The van der Waals surface area contributed by atoms with Crippen molar-refractivity contribution in [2.75, 3.05) is 40.9 Å². The van der Waals surface area contributed by atoms with Crippen molar-refractivity contribution >= 4 is 11.9 Å². The number of carboxylic acids is 1. The maximum atomic E-state index is 11.4. The molecule has 0 bridgehead atoms. The third-order valence-corrected chi connectivity index (χ3v) is 4.02. The zero-order valence-electron chi connectivity index (χ0n) is 15.7. The number of nitrogens with zero attached hydrogens (tertiary/aromatic N) is 3. The first-order valence-electron chi connectivity index (χ1n) is 8.41. The minimum atomic E-state index is -5.08. The van der Waals surface area contributed by atoms with Crippen LogP contribution in [0.15, 0.2) is 18.3 Å². The summed E-state index contributed by atoms with van der Waals surface area (Å²) in [7, 11) is 5.66. The Morgan fingerprint density at radius 1 is 1.33 bits per heavy atom. The van der Waals surface area contributed by atoms with Gasteiger partial charge < -0.3 is 24.2 Å². The van der Waals surface area contributed by atoms with Gasteiger partial charge >= 0.3 is 12.1 Å². The zero-order valence-corrected chi connectivity index (χ0v) is 15.7. The number of rotatable bonds is 5. The molecule has 1 aliphatic rings. The summed E-state index contributed by atoms with van der Waals surface area (Å²) in [4.78, 5) is 24.2. The molecule has 0 aliphatic carbocycles. The molecule has 10 heteroatoms. The van der Waals surface area contributed by atoms with E-state index in [9.17, 15) is 18.0 Å². The van der Waals surface area contributed by atoms with Gasteiger partial charge in [0.05, 0.1) is 0 Å². The number of hydrogen-bond acceptors (Lipinski definition) is 4. The molecule has 0 radical (unpaired) electrons. The van der Waals surface area contributed by atoms with Crippen molar-refractivity contribution in [3.63, 3.8) is 0 Å². The van der Waals surface area contributed by atoms with Gasteiger partial charge in [0.1, 0.15) is 6.61 Å². The largest absolute Gasteiger partial charge is 0.490 e. The minimum Gasteiger partial charge on any atom is -0.475 e. The molecule has 0 fully saturated rings. The molecule has 27 heavy (non-hydrogen) atoms. The van der Waals surface area contributed by atoms with E-state index in [1.54, 1.807) is 19.0 Å². The molecule has 1 aromatic rings. The van der Waals surface area contributed by atoms with Crippen molar-refractivity contribution in [1.82, 2.24) is 14.4 Å². The van der Waals surface area contributed by atoms with Gasteiger partial charge in [-0.2, -0.15) is 13.2 Å². The van der Waals surface area contributed by atoms with E-state index < -0.39 is 12.1 Å². The standard InChI is InChI=1S/C15H25N3O2.C2HF3O2/c1-16(2)15(19)12-20-8-6-13-9-17(3)11-14-5-4-7-18(14)10-13;3-2(4,5)1(6)7/h4-5,7,13H,6,8-12H2,1-3H3;(H,6,7). The highest BCUT2D eigenvalue weighted by Crippen LogP contribution is 2.18. The summed E-state index contributed by atoms with van der Waals surface area (Å²) in [6, 6.07) is 4.29. The van der Waals surface area contributed by atoms with E-state index in [0.717, 1.165) is 26.1 Å². The van der Waals surface area contributed by atoms with E-state index in [1.165, 1.54) is 5.69 Å². The molecule has 2 rings (SSSR count). The number of alkyl halides is 3. The number of carbonyl (C=O) groups is 2. The number of aliphatic carboxylic acids is 1. The lowest BCUT2D eigenvalue weighted by Crippen LogP contribution is -2.28. The van der Waals surface area contributed by atoms with Crippen LogP contribution in [-0.4, -0.2) is 78.4 Å². The summed E-state index contributed by atoms with van der Waals surface area (Å²) in [5, 5.41) is 7.12. The molecule has 0 saturated heterocycles. The van der Waals surface area contributed by atoms with Gasteiger partial charge in [-0.25, -0.2) is 4.79 Å². The first-order valence-corrected chi connectivity index (χ1v) is 8.41. The van der Waals surface area contributed by atoms with Crippen molar-refractivity contribution in [2.24, 2.45) is 5.92 Å². The molecular weight excluding hydrogens is 367 g/mol. The minimum absolute atomic E-state index is 0.0238. The maximum Gasteiger partial charge on any atom is 0.490 e. The van der Waals surface area contributed by atoms with Crippen LogP contribution in [0.2, 0.25) is 0 Å². The first kappa shape index (κ1) is 23.0. The van der Waals surface area contributed by atoms with Gasteiger partial charge in [-0.05, 0) is 31.5 Å². The summed E-state index contributed by atoms with van der Waals surface area (Å²) < 4.78 is 39.6. The van der Waals surface area contributed by atoms with E-state index in [1.807, 2.05) is 0 Å². The quantitative estimate of drug-likeness (QED) is 0.771. The van der Waals surface area contributed by atoms with Crippen LogP contribution >= 0.6 is 0 Å². The van der Waals surface area contributed by atoms with Crippen molar-refractivity contribution in [3.8, 4) is 0 Å². The Morgan fingerprint density at radius 3 is 2.52 bits per heavy atom. The molecule has 0 spiro atoms. The second-order valence-corrected chi connectivity index (χ2v) is 6.65. The van der Waals surface area contributed by atoms with Crippen molar-refractivity contribution in [3.05, 3.63) is 24.0 Å². The molecule has 1 N–H and O–H groups in total. The number of carbonyl (C=O) groups excluding carboxylic acids is 1. The van der Waals surface area contributed by atoms with Crippen LogP contribution < -0.4 is 0 Å². The molecule has 0 aromatic carbocycles. The lowest BCUT2D eigenvalue weighted by atomic mass is 10.1. The van der Waals surface area contributed by atoms with E-state index in [0.29, 0.717) is 12.5 Å². The van der Waals surface area contributed by atoms with Crippen LogP contribution in [0.25, 0.3) is 0 Å². The smallest absolute Gasteiger partial charge is 0.475 e. The van der Waals surface area contributed by atoms with Gasteiger partial charge in [0, 0.05) is 52.2 Å². The Bertz CT molecular complexity index is 617. The monoisotopic (exact) mass is 393 g/mol. The molecule has 7 nitrogen and oxygen atoms in total. The number of hydrogen-bond donors (Lipinski definition) is 1. The predicted molar refractivity (Wildman–Crippen MR) is 92.1 cm³/mol. The molecule has 1 atom stereocenters. The zero-order chi connectivity index (χ0) is 20.6. The van der Waals surface area contributed by atoms with Crippen LogP contribution in [0.1, 0.15) is 12.1 Å². The molecule has 1 unspecified atom stereocenters.